The van der Waals surface area contributed by atoms with E-state index in [-0.39, 0.29) is 5.91 Å². The Morgan fingerprint density at radius 1 is 1.31 bits per heavy atom. The molecule has 0 radical (unpaired) electrons. The predicted molar refractivity (Wildman–Crippen MR) is 98.8 cm³/mol. The lowest BCUT2D eigenvalue weighted by molar-refractivity contribution is 0.0939. The number of carbonyl (C=O) groups excluding carboxylic acids is 1. The first kappa shape index (κ1) is 16.1. The van der Waals surface area contributed by atoms with Crippen molar-refractivity contribution < 1.29 is 4.79 Å². The average molecular weight is 369 g/mol. The smallest absolute Gasteiger partial charge is 0.273 e. The Labute approximate surface area is 157 Å². The maximum absolute atomic E-state index is 12.4. The molecule has 2 aromatic rings. The molecule has 1 N–H and O–H groups in total. The molecule has 2 bridgehead atoms. The highest BCUT2D eigenvalue weighted by Gasteiger charge is 2.62. The second-order valence-electron chi connectivity index (χ2n) is 7.85. The van der Waals surface area contributed by atoms with Crippen molar-refractivity contribution in [1.29, 1.82) is 0 Å². The van der Waals surface area contributed by atoms with E-state index in [4.69, 9.17) is 11.6 Å². The molecular formula is C20H21ClN4O. The summed E-state index contributed by atoms with van der Waals surface area (Å²) in [6.07, 6.45) is 10.4. The summed E-state index contributed by atoms with van der Waals surface area (Å²) >= 11 is 6.18. The minimum Gasteiger partial charge on any atom is -0.350 e. The van der Waals surface area contributed by atoms with Crippen molar-refractivity contribution >= 4 is 17.5 Å². The standard InChI is InChI=1S/C20H21ClN4O/c21-17-4-2-1-3-13(17)11-25-12-18(23-24-25)19(26)22-10-14-9-15-5-6-16(14)20(15)7-8-20/h1-6,12,14-16H,7-11H2,(H,22,26)/t14-,15-,16-/m0/s1. The molecule has 1 aromatic heterocycles. The van der Waals surface area contributed by atoms with E-state index >= 15 is 0 Å². The fraction of sp³-hybridized carbons (Fsp3) is 0.450. The lowest BCUT2D eigenvalue weighted by atomic mass is 9.89. The average Bonchev–Trinajstić information content (AvgIpc) is 3.07. The molecule has 2 fully saturated rings. The molecule has 1 aromatic carbocycles. The van der Waals surface area contributed by atoms with Crippen molar-refractivity contribution in [3.05, 3.63) is 58.9 Å². The van der Waals surface area contributed by atoms with Crippen molar-refractivity contribution in [3.8, 4) is 0 Å². The first-order valence-electron chi connectivity index (χ1n) is 9.26. The zero-order chi connectivity index (χ0) is 17.7. The minimum absolute atomic E-state index is 0.146. The number of allylic oxidation sites excluding steroid dienone is 2. The summed E-state index contributed by atoms with van der Waals surface area (Å²) in [5, 5.41) is 11.8. The van der Waals surface area contributed by atoms with E-state index in [0.717, 1.165) is 18.0 Å². The van der Waals surface area contributed by atoms with Crippen LogP contribution in [-0.2, 0) is 6.54 Å². The van der Waals surface area contributed by atoms with Crippen LogP contribution in [0.2, 0.25) is 5.02 Å². The SMILES string of the molecule is O=C(NC[C@@H]1C[C@@H]2C=C[C@@H]1C21CC1)c1cn(Cc2ccccc2Cl)nn1. The lowest BCUT2D eigenvalue weighted by Gasteiger charge is -2.19. The van der Waals surface area contributed by atoms with Crippen LogP contribution >= 0.6 is 11.6 Å². The van der Waals surface area contributed by atoms with Crippen LogP contribution in [0, 0.1) is 23.2 Å². The summed E-state index contributed by atoms with van der Waals surface area (Å²) in [6.45, 7) is 1.23. The third kappa shape index (κ3) is 2.57. The molecular weight excluding hydrogens is 348 g/mol. The predicted octanol–water partition coefficient (Wildman–Crippen LogP) is 3.31. The van der Waals surface area contributed by atoms with Crippen LogP contribution in [0.3, 0.4) is 0 Å². The monoisotopic (exact) mass is 368 g/mol. The molecule has 0 aliphatic heterocycles. The zero-order valence-electron chi connectivity index (χ0n) is 14.4. The molecule has 3 atom stereocenters. The number of aromatic nitrogens is 3. The summed E-state index contributed by atoms with van der Waals surface area (Å²) < 4.78 is 1.65. The highest BCUT2D eigenvalue weighted by atomic mass is 35.5. The normalized spacial score (nSPS) is 27.2. The largest absolute Gasteiger partial charge is 0.350 e. The fourth-order valence-corrected chi connectivity index (χ4v) is 5.15. The number of amides is 1. The lowest BCUT2D eigenvalue weighted by Crippen LogP contribution is -2.31. The van der Waals surface area contributed by atoms with E-state index in [2.05, 4.69) is 27.8 Å². The van der Waals surface area contributed by atoms with E-state index in [1.165, 1.54) is 19.3 Å². The Kier molecular flexibility index (Phi) is 3.67. The van der Waals surface area contributed by atoms with Gasteiger partial charge in [-0.2, -0.15) is 0 Å². The van der Waals surface area contributed by atoms with Gasteiger partial charge in [0.15, 0.2) is 5.69 Å². The zero-order valence-corrected chi connectivity index (χ0v) is 15.2. The van der Waals surface area contributed by atoms with Crippen LogP contribution < -0.4 is 5.32 Å². The molecule has 5 nitrogen and oxygen atoms in total. The van der Waals surface area contributed by atoms with Gasteiger partial charge in [0.1, 0.15) is 0 Å². The van der Waals surface area contributed by atoms with Crippen molar-refractivity contribution in [2.75, 3.05) is 6.54 Å². The van der Waals surface area contributed by atoms with Crippen molar-refractivity contribution in [2.45, 2.75) is 25.8 Å². The van der Waals surface area contributed by atoms with Gasteiger partial charge in [0.2, 0.25) is 0 Å². The van der Waals surface area contributed by atoms with E-state index in [1.54, 1.807) is 10.9 Å². The molecule has 3 aliphatic carbocycles. The second kappa shape index (κ2) is 5.95. The molecule has 5 rings (SSSR count). The van der Waals surface area contributed by atoms with Gasteiger partial charge in [0, 0.05) is 11.6 Å². The van der Waals surface area contributed by atoms with Gasteiger partial charge >= 0.3 is 0 Å². The summed E-state index contributed by atoms with van der Waals surface area (Å²) in [7, 11) is 0. The topological polar surface area (TPSA) is 59.8 Å². The second-order valence-corrected chi connectivity index (χ2v) is 8.26. The van der Waals surface area contributed by atoms with Crippen LogP contribution in [0.25, 0.3) is 0 Å². The molecule has 2 saturated carbocycles. The maximum atomic E-state index is 12.4. The molecule has 1 spiro atoms. The third-order valence-electron chi connectivity index (χ3n) is 6.43. The van der Waals surface area contributed by atoms with E-state index in [9.17, 15) is 4.79 Å². The number of nitrogens with one attached hydrogen (secondary N) is 1. The molecule has 6 heteroatoms. The highest BCUT2D eigenvalue weighted by Crippen LogP contribution is 2.69. The van der Waals surface area contributed by atoms with Crippen molar-refractivity contribution in [1.82, 2.24) is 20.3 Å². The van der Waals surface area contributed by atoms with E-state index in [1.807, 2.05) is 24.3 Å². The molecule has 1 amide bonds. The minimum atomic E-state index is -0.146. The van der Waals surface area contributed by atoms with Gasteiger partial charge in [-0.15, -0.1) is 5.10 Å². The molecule has 1 heterocycles. The first-order chi connectivity index (χ1) is 12.7. The Hall–Kier alpha value is -2.14. The van der Waals surface area contributed by atoms with Crippen LogP contribution in [-0.4, -0.2) is 27.4 Å². The van der Waals surface area contributed by atoms with Gasteiger partial charge in [0.05, 0.1) is 12.7 Å². The Balaban J connectivity index is 1.20. The van der Waals surface area contributed by atoms with Gasteiger partial charge in [-0.25, -0.2) is 4.68 Å². The van der Waals surface area contributed by atoms with E-state index in [0.29, 0.717) is 34.5 Å². The highest BCUT2D eigenvalue weighted by molar-refractivity contribution is 6.31. The molecule has 26 heavy (non-hydrogen) atoms. The number of halogens is 1. The van der Waals surface area contributed by atoms with E-state index < -0.39 is 0 Å². The number of nitrogens with zero attached hydrogens (tertiary/aromatic N) is 3. The number of hydrogen-bond acceptors (Lipinski definition) is 3. The van der Waals surface area contributed by atoms with Crippen molar-refractivity contribution in [3.63, 3.8) is 0 Å². The quantitative estimate of drug-likeness (QED) is 0.823. The number of benzene rings is 1. The Morgan fingerprint density at radius 3 is 2.92 bits per heavy atom. The van der Waals surface area contributed by atoms with Crippen LogP contribution in [0.1, 0.15) is 35.3 Å². The summed E-state index contributed by atoms with van der Waals surface area (Å²) in [5.74, 6) is 1.82. The van der Waals surface area contributed by atoms with Crippen LogP contribution in [0.4, 0.5) is 0 Å². The van der Waals surface area contributed by atoms with Crippen LogP contribution in [0.5, 0.6) is 0 Å². The van der Waals surface area contributed by atoms with Gasteiger partial charge in [-0.3, -0.25) is 4.79 Å². The fourth-order valence-electron chi connectivity index (χ4n) is 4.95. The number of carbonyl (C=O) groups is 1. The van der Waals surface area contributed by atoms with Gasteiger partial charge in [-0.05, 0) is 54.1 Å². The summed E-state index contributed by atoms with van der Waals surface area (Å²) in [5.41, 5.74) is 1.87. The molecule has 134 valence electrons. The van der Waals surface area contributed by atoms with Gasteiger partial charge in [-0.1, -0.05) is 47.2 Å². The molecule has 3 aliphatic rings. The van der Waals surface area contributed by atoms with Crippen molar-refractivity contribution in [2.24, 2.45) is 23.2 Å². The van der Waals surface area contributed by atoms with Crippen LogP contribution in [0.15, 0.2) is 42.6 Å². The summed E-state index contributed by atoms with van der Waals surface area (Å²) in [4.78, 5) is 12.4. The Morgan fingerprint density at radius 2 is 2.15 bits per heavy atom. The van der Waals surface area contributed by atoms with Gasteiger partial charge in [0.25, 0.3) is 5.91 Å². The maximum Gasteiger partial charge on any atom is 0.273 e. The number of hydrogen-bond donors (Lipinski definition) is 1. The summed E-state index contributed by atoms with van der Waals surface area (Å²) in [6, 6.07) is 7.61. The van der Waals surface area contributed by atoms with Gasteiger partial charge < -0.3 is 5.32 Å². The molecule has 0 saturated heterocycles. The first-order valence-corrected chi connectivity index (χ1v) is 9.63. The number of rotatable bonds is 5. The third-order valence-corrected chi connectivity index (χ3v) is 6.80. The Bertz CT molecular complexity index is 885. The molecule has 0 unspecified atom stereocenters.